The van der Waals surface area contributed by atoms with E-state index in [1.54, 1.807) is 11.3 Å². The van der Waals surface area contributed by atoms with Gasteiger partial charge in [0, 0.05) is 35.6 Å². The van der Waals surface area contributed by atoms with Crippen LogP contribution in [0.25, 0.3) is 0 Å². The summed E-state index contributed by atoms with van der Waals surface area (Å²) in [6.45, 7) is 5.29. The second-order valence-electron chi connectivity index (χ2n) is 6.12. The summed E-state index contributed by atoms with van der Waals surface area (Å²) in [5.41, 5.74) is 3.49. The van der Waals surface area contributed by atoms with E-state index in [-0.39, 0.29) is 11.8 Å². The summed E-state index contributed by atoms with van der Waals surface area (Å²) in [5, 5.41) is 5.00. The predicted octanol–water partition coefficient (Wildman–Crippen LogP) is 3.99. The van der Waals surface area contributed by atoms with Crippen molar-refractivity contribution in [3.63, 3.8) is 0 Å². The topological polar surface area (TPSA) is 49.4 Å². The van der Waals surface area contributed by atoms with Gasteiger partial charge in [0.05, 0.1) is 0 Å². The van der Waals surface area contributed by atoms with E-state index in [0.717, 1.165) is 30.6 Å². The zero-order chi connectivity index (χ0) is 17.1. The fourth-order valence-corrected chi connectivity index (χ4v) is 3.92. The molecule has 1 aliphatic heterocycles. The Morgan fingerprint density at radius 3 is 2.92 bits per heavy atom. The maximum atomic E-state index is 12.9. The van der Waals surface area contributed by atoms with Crippen molar-refractivity contribution >= 4 is 28.8 Å². The lowest BCUT2D eigenvalue weighted by atomic mass is 10.0. The Hall–Kier alpha value is -2.14. The smallest absolute Gasteiger partial charge is 0.254 e. The second-order valence-corrected chi connectivity index (χ2v) is 7.12. The highest BCUT2D eigenvalue weighted by atomic mass is 32.1. The number of fused-ring (bicyclic) bond motifs is 1. The van der Waals surface area contributed by atoms with Crippen molar-refractivity contribution in [2.24, 2.45) is 0 Å². The first-order valence-corrected chi connectivity index (χ1v) is 9.22. The highest BCUT2D eigenvalue weighted by molar-refractivity contribution is 7.10. The summed E-state index contributed by atoms with van der Waals surface area (Å²) < 4.78 is 0. The van der Waals surface area contributed by atoms with E-state index in [1.165, 1.54) is 10.4 Å². The number of hydrogen-bond donors (Lipinski definition) is 1. The van der Waals surface area contributed by atoms with E-state index < -0.39 is 0 Å². The molecular weight excluding hydrogens is 320 g/mol. The van der Waals surface area contributed by atoms with Crippen LogP contribution in [-0.4, -0.2) is 23.3 Å². The van der Waals surface area contributed by atoms with Crippen LogP contribution >= 0.6 is 11.3 Å². The number of carbonyl (C=O) groups excluding carboxylic acids is 2. The van der Waals surface area contributed by atoms with Gasteiger partial charge in [-0.1, -0.05) is 13.0 Å². The SMILES string of the molecule is CCCC(=O)Nc1cccc(C(=O)N2CCc3sccc3C2)c1C. The normalized spacial score (nSPS) is 13.5. The maximum Gasteiger partial charge on any atom is 0.254 e. The summed E-state index contributed by atoms with van der Waals surface area (Å²) in [4.78, 5) is 28.1. The van der Waals surface area contributed by atoms with Crippen LogP contribution in [0.1, 0.15) is 46.1 Å². The molecule has 2 amide bonds. The first-order valence-electron chi connectivity index (χ1n) is 8.34. The Labute approximate surface area is 146 Å². The van der Waals surface area contributed by atoms with Gasteiger partial charge in [-0.15, -0.1) is 11.3 Å². The molecule has 3 rings (SSSR count). The van der Waals surface area contributed by atoms with Gasteiger partial charge >= 0.3 is 0 Å². The van der Waals surface area contributed by atoms with Crippen LogP contribution in [0.2, 0.25) is 0 Å². The molecule has 1 aliphatic rings. The second kappa shape index (κ2) is 7.18. The molecule has 0 saturated carbocycles. The molecule has 1 aromatic heterocycles. The van der Waals surface area contributed by atoms with E-state index in [4.69, 9.17) is 0 Å². The largest absolute Gasteiger partial charge is 0.334 e. The van der Waals surface area contributed by atoms with E-state index in [0.29, 0.717) is 18.5 Å². The Kier molecular flexibility index (Phi) is 5.00. The number of amides is 2. The monoisotopic (exact) mass is 342 g/mol. The number of rotatable bonds is 4. The molecule has 0 aliphatic carbocycles. The van der Waals surface area contributed by atoms with Crippen LogP contribution < -0.4 is 5.32 Å². The summed E-state index contributed by atoms with van der Waals surface area (Å²) in [6, 6.07) is 7.64. The molecule has 0 unspecified atom stereocenters. The van der Waals surface area contributed by atoms with Gasteiger partial charge in [-0.05, 0) is 54.5 Å². The molecule has 1 N–H and O–H groups in total. The first kappa shape index (κ1) is 16.7. The van der Waals surface area contributed by atoms with Gasteiger partial charge in [0.1, 0.15) is 0 Å². The average molecular weight is 342 g/mol. The number of nitrogens with one attached hydrogen (secondary N) is 1. The molecule has 5 heteroatoms. The summed E-state index contributed by atoms with van der Waals surface area (Å²) >= 11 is 1.77. The molecule has 0 saturated heterocycles. The number of hydrogen-bond acceptors (Lipinski definition) is 3. The van der Waals surface area contributed by atoms with Crippen molar-refractivity contribution in [3.8, 4) is 0 Å². The first-order chi connectivity index (χ1) is 11.6. The van der Waals surface area contributed by atoms with Crippen molar-refractivity contribution in [2.75, 3.05) is 11.9 Å². The third-order valence-electron chi connectivity index (χ3n) is 4.41. The molecule has 0 radical (unpaired) electrons. The fraction of sp³-hybridized carbons (Fsp3) is 0.368. The number of carbonyl (C=O) groups is 2. The molecular formula is C19H22N2O2S. The van der Waals surface area contributed by atoms with Gasteiger partial charge in [-0.3, -0.25) is 9.59 Å². The molecule has 126 valence electrons. The third-order valence-corrected chi connectivity index (χ3v) is 5.43. The predicted molar refractivity (Wildman–Crippen MR) is 97.5 cm³/mol. The molecule has 24 heavy (non-hydrogen) atoms. The molecule has 0 fully saturated rings. The Morgan fingerprint density at radius 2 is 2.12 bits per heavy atom. The zero-order valence-corrected chi connectivity index (χ0v) is 14.9. The minimum atomic E-state index is -0.00825. The molecule has 0 atom stereocenters. The Morgan fingerprint density at radius 1 is 1.29 bits per heavy atom. The van der Waals surface area contributed by atoms with Crippen LogP contribution in [0.5, 0.6) is 0 Å². The van der Waals surface area contributed by atoms with Gasteiger partial charge in [0.25, 0.3) is 5.91 Å². The molecule has 1 aromatic carbocycles. The number of benzene rings is 1. The Bertz CT molecular complexity index is 766. The number of anilines is 1. The van der Waals surface area contributed by atoms with Crippen molar-refractivity contribution in [1.29, 1.82) is 0 Å². The summed E-state index contributed by atoms with van der Waals surface area (Å²) in [7, 11) is 0. The molecule has 0 spiro atoms. The van der Waals surface area contributed by atoms with Crippen molar-refractivity contribution < 1.29 is 9.59 Å². The molecule has 0 bridgehead atoms. The summed E-state index contributed by atoms with van der Waals surface area (Å²) in [6.07, 6.45) is 2.22. The highest BCUT2D eigenvalue weighted by Crippen LogP contribution is 2.27. The van der Waals surface area contributed by atoms with E-state index in [1.807, 2.05) is 36.9 Å². The quantitative estimate of drug-likeness (QED) is 0.913. The van der Waals surface area contributed by atoms with Gasteiger partial charge in [-0.2, -0.15) is 0 Å². The fourth-order valence-electron chi connectivity index (χ4n) is 3.03. The van der Waals surface area contributed by atoms with Gasteiger partial charge < -0.3 is 10.2 Å². The summed E-state index contributed by atoms with van der Waals surface area (Å²) in [5.74, 6) is 0.0297. The number of nitrogens with zero attached hydrogens (tertiary/aromatic N) is 1. The lowest BCUT2D eigenvalue weighted by molar-refractivity contribution is -0.116. The van der Waals surface area contributed by atoms with Crippen molar-refractivity contribution in [3.05, 3.63) is 51.2 Å². The van der Waals surface area contributed by atoms with Crippen LogP contribution in [-0.2, 0) is 17.8 Å². The standard InChI is InChI=1S/C19H22N2O2S/c1-3-5-18(22)20-16-7-4-6-15(13(16)2)19(23)21-10-8-17-14(12-21)9-11-24-17/h4,6-7,9,11H,3,5,8,10,12H2,1-2H3,(H,20,22). The Balaban J connectivity index is 1.79. The molecule has 2 aromatic rings. The van der Waals surface area contributed by atoms with E-state index in [2.05, 4.69) is 16.8 Å². The maximum absolute atomic E-state index is 12.9. The van der Waals surface area contributed by atoms with Gasteiger partial charge in [-0.25, -0.2) is 0 Å². The lowest BCUT2D eigenvalue weighted by Gasteiger charge is -2.28. The lowest BCUT2D eigenvalue weighted by Crippen LogP contribution is -2.35. The van der Waals surface area contributed by atoms with Gasteiger partial charge in [0.2, 0.25) is 5.91 Å². The highest BCUT2D eigenvalue weighted by Gasteiger charge is 2.24. The van der Waals surface area contributed by atoms with Crippen LogP contribution in [0.4, 0.5) is 5.69 Å². The van der Waals surface area contributed by atoms with Crippen molar-refractivity contribution in [2.45, 2.75) is 39.7 Å². The van der Waals surface area contributed by atoms with Gasteiger partial charge in [0.15, 0.2) is 0 Å². The molecule has 4 nitrogen and oxygen atoms in total. The molecule has 2 heterocycles. The third kappa shape index (κ3) is 3.36. The minimum absolute atomic E-state index is 0.00825. The van der Waals surface area contributed by atoms with Crippen molar-refractivity contribution in [1.82, 2.24) is 4.90 Å². The van der Waals surface area contributed by atoms with Crippen LogP contribution in [0.15, 0.2) is 29.6 Å². The number of thiophene rings is 1. The van der Waals surface area contributed by atoms with Crippen LogP contribution in [0.3, 0.4) is 0 Å². The average Bonchev–Trinajstić information content (AvgIpc) is 3.04. The van der Waals surface area contributed by atoms with E-state index >= 15 is 0 Å². The van der Waals surface area contributed by atoms with E-state index in [9.17, 15) is 9.59 Å². The van der Waals surface area contributed by atoms with Crippen LogP contribution in [0, 0.1) is 6.92 Å². The minimum Gasteiger partial charge on any atom is -0.334 e. The zero-order valence-electron chi connectivity index (χ0n) is 14.1.